The van der Waals surface area contributed by atoms with E-state index in [4.69, 9.17) is 14.2 Å². The normalized spacial score (nSPS) is 28.6. The van der Waals surface area contributed by atoms with E-state index in [-0.39, 0.29) is 17.3 Å². The predicted octanol–water partition coefficient (Wildman–Crippen LogP) is 2.71. The van der Waals surface area contributed by atoms with Crippen LogP contribution in [0.2, 0.25) is 0 Å². The Kier molecular flexibility index (Phi) is 4.54. The van der Waals surface area contributed by atoms with Crippen LogP contribution < -0.4 is 9.47 Å². The van der Waals surface area contributed by atoms with E-state index >= 15 is 0 Å². The second-order valence-corrected chi connectivity index (χ2v) is 6.72. The van der Waals surface area contributed by atoms with E-state index in [1.54, 1.807) is 13.2 Å². The summed E-state index contributed by atoms with van der Waals surface area (Å²) in [5.41, 5.74) is 0.201. The number of benzene rings is 1. The second-order valence-electron chi connectivity index (χ2n) is 6.72. The van der Waals surface area contributed by atoms with Crippen molar-refractivity contribution in [1.29, 1.82) is 0 Å². The molecule has 0 aliphatic carbocycles. The van der Waals surface area contributed by atoms with E-state index in [1.807, 2.05) is 0 Å². The average Bonchev–Trinajstić information content (AvgIpc) is 2.47. The fourth-order valence-corrected chi connectivity index (χ4v) is 3.52. The van der Waals surface area contributed by atoms with E-state index in [0.717, 1.165) is 26.2 Å². The lowest BCUT2D eigenvalue weighted by Crippen LogP contribution is -2.49. The smallest absolute Gasteiger partial charge is 0.164 e. The van der Waals surface area contributed by atoms with Gasteiger partial charge in [0.1, 0.15) is 18.5 Å². The minimum Gasteiger partial charge on any atom is -0.486 e. The molecule has 4 nitrogen and oxygen atoms in total. The molecule has 2 unspecified atom stereocenters. The van der Waals surface area contributed by atoms with Crippen LogP contribution >= 0.6 is 0 Å². The maximum Gasteiger partial charge on any atom is 0.164 e. The van der Waals surface area contributed by atoms with Gasteiger partial charge in [0.2, 0.25) is 0 Å². The molecule has 0 aromatic heterocycles. The van der Waals surface area contributed by atoms with Crippen LogP contribution in [0, 0.1) is 11.2 Å². The monoisotopic (exact) mass is 309 g/mol. The van der Waals surface area contributed by atoms with Crippen molar-refractivity contribution in [3.63, 3.8) is 0 Å². The number of methoxy groups -OCH3 is 1. The van der Waals surface area contributed by atoms with Crippen LogP contribution in [0.4, 0.5) is 4.39 Å². The molecule has 122 valence electrons. The minimum atomic E-state index is -0.298. The fourth-order valence-electron chi connectivity index (χ4n) is 3.52. The number of hydrogen-bond acceptors (Lipinski definition) is 4. The van der Waals surface area contributed by atoms with E-state index in [0.29, 0.717) is 18.1 Å². The lowest BCUT2D eigenvalue weighted by molar-refractivity contribution is -0.00240. The third kappa shape index (κ3) is 3.52. The molecule has 3 rings (SSSR count). The summed E-state index contributed by atoms with van der Waals surface area (Å²) in [6, 6.07) is 4.41. The van der Waals surface area contributed by atoms with Gasteiger partial charge in [-0.1, -0.05) is 6.92 Å². The first-order valence-corrected chi connectivity index (χ1v) is 7.88. The molecule has 5 heteroatoms. The highest BCUT2D eigenvalue weighted by molar-refractivity contribution is 5.41. The van der Waals surface area contributed by atoms with Gasteiger partial charge in [-0.3, -0.25) is 4.90 Å². The van der Waals surface area contributed by atoms with Gasteiger partial charge in [-0.05, 0) is 31.5 Å². The summed E-state index contributed by atoms with van der Waals surface area (Å²) in [6.45, 7) is 6.42. The molecule has 2 aliphatic rings. The van der Waals surface area contributed by atoms with Crippen molar-refractivity contribution in [1.82, 2.24) is 4.90 Å². The Balaban J connectivity index is 1.60. The lowest BCUT2D eigenvalue weighted by atomic mass is 9.82. The first kappa shape index (κ1) is 15.6. The Hall–Kier alpha value is -1.33. The van der Waals surface area contributed by atoms with E-state index in [2.05, 4.69) is 11.8 Å². The minimum absolute atomic E-state index is 0.0563. The van der Waals surface area contributed by atoms with Gasteiger partial charge in [-0.2, -0.15) is 0 Å². The molecule has 2 heterocycles. The summed E-state index contributed by atoms with van der Waals surface area (Å²) < 4.78 is 30.3. The summed E-state index contributed by atoms with van der Waals surface area (Å²) in [5.74, 6) is 0.835. The van der Waals surface area contributed by atoms with Crippen molar-refractivity contribution in [2.24, 2.45) is 5.41 Å². The van der Waals surface area contributed by atoms with Gasteiger partial charge in [0.05, 0.1) is 6.61 Å². The Morgan fingerprint density at radius 2 is 2.27 bits per heavy atom. The Labute approximate surface area is 131 Å². The molecule has 0 bridgehead atoms. The van der Waals surface area contributed by atoms with Gasteiger partial charge in [-0.15, -0.1) is 0 Å². The highest BCUT2D eigenvalue weighted by Gasteiger charge is 2.33. The van der Waals surface area contributed by atoms with Crippen molar-refractivity contribution in [3.05, 3.63) is 24.0 Å². The zero-order valence-electron chi connectivity index (χ0n) is 13.3. The number of fused-ring (bicyclic) bond motifs is 1. The first-order valence-electron chi connectivity index (χ1n) is 7.88. The SMILES string of the molecule is COCC1(C)CCCN(CC2COc3ccc(F)cc3O2)C1. The van der Waals surface area contributed by atoms with Gasteiger partial charge in [0.25, 0.3) is 0 Å². The molecule has 1 fully saturated rings. The molecule has 2 aliphatic heterocycles. The Morgan fingerprint density at radius 1 is 1.41 bits per heavy atom. The molecule has 1 aromatic rings. The van der Waals surface area contributed by atoms with Gasteiger partial charge in [-0.25, -0.2) is 4.39 Å². The van der Waals surface area contributed by atoms with Crippen LogP contribution in [0.5, 0.6) is 11.5 Å². The molecular formula is C17H24FNO3. The van der Waals surface area contributed by atoms with Gasteiger partial charge >= 0.3 is 0 Å². The summed E-state index contributed by atoms with van der Waals surface area (Å²) in [6.07, 6.45) is 2.30. The van der Waals surface area contributed by atoms with E-state index in [1.165, 1.54) is 25.0 Å². The number of hydrogen-bond donors (Lipinski definition) is 0. The standard InChI is InChI=1S/C17H24FNO3/c1-17(12-20-2)6-3-7-19(11-17)9-14-10-21-15-5-4-13(18)8-16(15)22-14/h4-5,8,14H,3,6-7,9-12H2,1-2H3. The molecule has 22 heavy (non-hydrogen) atoms. The third-order valence-corrected chi connectivity index (χ3v) is 4.44. The third-order valence-electron chi connectivity index (χ3n) is 4.44. The quantitative estimate of drug-likeness (QED) is 0.856. The zero-order chi connectivity index (χ0) is 15.6. The predicted molar refractivity (Wildman–Crippen MR) is 82.0 cm³/mol. The molecule has 0 radical (unpaired) electrons. The number of ether oxygens (including phenoxy) is 3. The summed E-state index contributed by atoms with van der Waals surface area (Å²) in [5, 5.41) is 0. The number of halogens is 1. The van der Waals surface area contributed by atoms with Crippen LogP contribution in [0.3, 0.4) is 0 Å². The maximum atomic E-state index is 13.3. The Morgan fingerprint density at radius 3 is 3.09 bits per heavy atom. The van der Waals surface area contributed by atoms with Crippen molar-refractivity contribution >= 4 is 0 Å². The molecule has 2 atom stereocenters. The molecule has 0 saturated carbocycles. The average molecular weight is 309 g/mol. The van der Waals surface area contributed by atoms with Gasteiger partial charge in [0.15, 0.2) is 11.5 Å². The Bertz CT molecular complexity index is 521. The van der Waals surface area contributed by atoms with Crippen molar-refractivity contribution < 1.29 is 18.6 Å². The number of nitrogens with zero attached hydrogens (tertiary/aromatic N) is 1. The van der Waals surface area contributed by atoms with E-state index < -0.39 is 0 Å². The summed E-state index contributed by atoms with van der Waals surface area (Å²) >= 11 is 0. The van der Waals surface area contributed by atoms with Gasteiger partial charge < -0.3 is 14.2 Å². The van der Waals surface area contributed by atoms with Gasteiger partial charge in [0, 0.05) is 31.7 Å². The largest absolute Gasteiger partial charge is 0.486 e. The highest BCUT2D eigenvalue weighted by Crippen LogP contribution is 2.34. The summed E-state index contributed by atoms with van der Waals surface area (Å²) in [7, 11) is 1.76. The fraction of sp³-hybridized carbons (Fsp3) is 0.647. The van der Waals surface area contributed by atoms with Crippen LogP contribution in [0.1, 0.15) is 19.8 Å². The maximum absolute atomic E-state index is 13.3. The van der Waals surface area contributed by atoms with Crippen LogP contribution in [0.25, 0.3) is 0 Å². The van der Waals surface area contributed by atoms with Crippen molar-refractivity contribution in [2.45, 2.75) is 25.9 Å². The second kappa shape index (κ2) is 6.42. The van der Waals surface area contributed by atoms with Crippen molar-refractivity contribution in [3.8, 4) is 11.5 Å². The molecule has 1 saturated heterocycles. The van der Waals surface area contributed by atoms with Crippen LogP contribution in [-0.2, 0) is 4.74 Å². The highest BCUT2D eigenvalue weighted by atomic mass is 19.1. The number of piperidine rings is 1. The van der Waals surface area contributed by atoms with E-state index in [9.17, 15) is 4.39 Å². The number of likely N-dealkylation sites (tertiary alicyclic amines) is 1. The van der Waals surface area contributed by atoms with Crippen LogP contribution in [0.15, 0.2) is 18.2 Å². The molecule has 1 aromatic carbocycles. The molecule has 0 spiro atoms. The zero-order valence-corrected chi connectivity index (χ0v) is 13.3. The lowest BCUT2D eigenvalue weighted by Gasteiger charge is -2.41. The van der Waals surface area contributed by atoms with Crippen LogP contribution in [-0.4, -0.2) is 51.0 Å². The molecule has 0 N–H and O–H groups in total. The number of rotatable bonds is 4. The first-order chi connectivity index (χ1) is 10.6. The topological polar surface area (TPSA) is 30.9 Å². The molecule has 0 amide bonds. The molecular weight excluding hydrogens is 285 g/mol. The van der Waals surface area contributed by atoms with Crippen molar-refractivity contribution in [2.75, 3.05) is 40.0 Å². The summed E-state index contributed by atoms with van der Waals surface area (Å²) in [4.78, 5) is 2.40.